The summed E-state index contributed by atoms with van der Waals surface area (Å²) in [5.74, 6) is 1.79. The first-order chi connectivity index (χ1) is 14.8. The van der Waals surface area contributed by atoms with Gasteiger partial charge in [-0.15, -0.1) is 0 Å². The first kappa shape index (κ1) is 25.7. The van der Waals surface area contributed by atoms with Crippen LogP contribution in [0, 0.1) is 5.41 Å². The number of rotatable bonds is 15. The van der Waals surface area contributed by atoms with Gasteiger partial charge in [-0.3, -0.25) is 0 Å². The fourth-order valence-corrected chi connectivity index (χ4v) is 2.69. The molecular formula is C25H37NO4. The second kappa shape index (κ2) is 18.6. The molecular weight excluding hydrogens is 378 g/mol. The molecule has 0 unspecified atom stereocenters. The summed E-state index contributed by atoms with van der Waals surface area (Å²) in [6.07, 6.45) is 9.58. The lowest BCUT2D eigenvalue weighted by Gasteiger charge is -2.05. The molecule has 0 saturated heterocycles. The maximum absolute atomic E-state index is 8.60. The summed E-state index contributed by atoms with van der Waals surface area (Å²) in [5, 5.41) is 24.2. The Kier molecular flexibility index (Phi) is 16.0. The maximum Gasteiger partial charge on any atom is 0.119 e. The molecule has 0 aromatic heterocycles. The Labute approximate surface area is 181 Å². The Morgan fingerprint density at radius 3 is 1.53 bits per heavy atom. The summed E-state index contributed by atoms with van der Waals surface area (Å²) >= 11 is 0. The summed E-state index contributed by atoms with van der Waals surface area (Å²) in [5.41, 5.74) is 0.885. The standard InChI is InChI=1S/C13H19NO2.C12H18O2/c14-11-12-5-7-13(8-6-12)16-10-4-2-1-3-9-15;13-10-6-1-2-7-11-14-12-8-4-3-5-9-12/h5-8,11,14-15H,1-4,9-10H2;3-5,8-9,13H,1-2,6-7,10-11H2. The molecule has 0 heterocycles. The van der Waals surface area contributed by atoms with Crippen LogP contribution >= 0.6 is 0 Å². The fraction of sp³-hybridized carbons (Fsp3) is 0.480. The molecule has 0 spiro atoms. The van der Waals surface area contributed by atoms with Crippen LogP contribution in [-0.4, -0.2) is 42.9 Å². The molecule has 0 fully saturated rings. The van der Waals surface area contributed by atoms with Gasteiger partial charge in [0.25, 0.3) is 0 Å². The number of unbranched alkanes of at least 4 members (excludes halogenated alkanes) is 6. The predicted molar refractivity (Wildman–Crippen MR) is 123 cm³/mol. The van der Waals surface area contributed by atoms with Gasteiger partial charge in [0.05, 0.1) is 13.2 Å². The smallest absolute Gasteiger partial charge is 0.119 e. The molecule has 0 aliphatic carbocycles. The topological polar surface area (TPSA) is 82.8 Å². The van der Waals surface area contributed by atoms with Crippen molar-refractivity contribution in [1.29, 1.82) is 5.41 Å². The average molecular weight is 416 g/mol. The highest BCUT2D eigenvalue weighted by Gasteiger charge is 1.94. The van der Waals surface area contributed by atoms with Crippen molar-refractivity contribution in [1.82, 2.24) is 0 Å². The largest absolute Gasteiger partial charge is 0.494 e. The van der Waals surface area contributed by atoms with Crippen LogP contribution in [0.25, 0.3) is 0 Å². The van der Waals surface area contributed by atoms with Crippen LogP contribution in [0.3, 0.4) is 0 Å². The minimum atomic E-state index is 0.284. The van der Waals surface area contributed by atoms with Gasteiger partial charge in [0.15, 0.2) is 0 Å². The number of benzene rings is 2. The summed E-state index contributed by atoms with van der Waals surface area (Å²) in [7, 11) is 0. The Morgan fingerprint density at radius 2 is 1.07 bits per heavy atom. The first-order valence-corrected chi connectivity index (χ1v) is 10.9. The lowest BCUT2D eigenvalue weighted by molar-refractivity contribution is 0.273. The molecule has 5 nitrogen and oxygen atoms in total. The highest BCUT2D eigenvalue weighted by atomic mass is 16.5. The van der Waals surface area contributed by atoms with Gasteiger partial charge in [-0.05, 0) is 80.5 Å². The van der Waals surface area contributed by atoms with Crippen LogP contribution < -0.4 is 9.47 Å². The Hall–Kier alpha value is -2.37. The van der Waals surface area contributed by atoms with E-state index in [-0.39, 0.29) is 6.61 Å². The number of aliphatic hydroxyl groups is 2. The fourth-order valence-electron chi connectivity index (χ4n) is 2.69. The summed E-state index contributed by atoms with van der Waals surface area (Å²) in [4.78, 5) is 0. The Balaban J connectivity index is 0.000000303. The van der Waals surface area contributed by atoms with E-state index in [1.54, 1.807) is 0 Å². The van der Waals surface area contributed by atoms with E-state index in [2.05, 4.69) is 0 Å². The van der Waals surface area contributed by atoms with Crippen LogP contribution in [0.2, 0.25) is 0 Å². The minimum absolute atomic E-state index is 0.284. The third kappa shape index (κ3) is 13.7. The molecule has 0 bridgehead atoms. The number of ether oxygens (including phenoxy) is 2. The highest BCUT2D eigenvalue weighted by molar-refractivity contribution is 5.76. The highest BCUT2D eigenvalue weighted by Crippen LogP contribution is 2.12. The lowest BCUT2D eigenvalue weighted by atomic mass is 10.2. The van der Waals surface area contributed by atoms with E-state index in [1.165, 1.54) is 6.21 Å². The van der Waals surface area contributed by atoms with E-state index in [4.69, 9.17) is 25.1 Å². The molecule has 30 heavy (non-hydrogen) atoms. The monoisotopic (exact) mass is 415 g/mol. The number of nitrogens with one attached hydrogen (secondary N) is 1. The zero-order valence-corrected chi connectivity index (χ0v) is 18.0. The molecule has 2 aromatic rings. The van der Waals surface area contributed by atoms with Gasteiger partial charge in [0.2, 0.25) is 0 Å². The van der Waals surface area contributed by atoms with Gasteiger partial charge in [-0.25, -0.2) is 0 Å². The molecule has 0 radical (unpaired) electrons. The molecule has 2 aromatic carbocycles. The van der Waals surface area contributed by atoms with Crippen LogP contribution in [0.5, 0.6) is 11.5 Å². The number of para-hydroxylation sites is 1. The van der Waals surface area contributed by atoms with Gasteiger partial charge in [-0.2, -0.15) is 0 Å². The second-order valence-corrected chi connectivity index (χ2v) is 7.00. The predicted octanol–water partition coefficient (Wildman–Crippen LogP) is 5.23. The van der Waals surface area contributed by atoms with Crippen molar-refractivity contribution in [2.45, 2.75) is 51.4 Å². The van der Waals surface area contributed by atoms with Gasteiger partial charge in [0, 0.05) is 19.4 Å². The van der Waals surface area contributed by atoms with E-state index in [0.717, 1.165) is 81.6 Å². The van der Waals surface area contributed by atoms with Crippen molar-refractivity contribution in [3.63, 3.8) is 0 Å². The molecule has 5 heteroatoms. The van der Waals surface area contributed by atoms with Gasteiger partial charge in [-0.1, -0.05) is 31.0 Å². The quantitative estimate of drug-likeness (QED) is 0.275. The van der Waals surface area contributed by atoms with Crippen LogP contribution in [0.4, 0.5) is 0 Å². The third-order valence-electron chi connectivity index (χ3n) is 4.43. The molecule has 0 aliphatic heterocycles. The molecule has 0 saturated carbocycles. The second-order valence-electron chi connectivity index (χ2n) is 7.00. The Morgan fingerprint density at radius 1 is 0.600 bits per heavy atom. The van der Waals surface area contributed by atoms with Gasteiger partial charge in [0.1, 0.15) is 11.5 Å². The number of aliphatic hydroxyl groups excluding tert-OH is 2. The third-order valence-corrected chi connectivity index (χ3v) is 4.43. The van der Waals surface area contributed by atoms with E-state index < -0.39 is 0 Å². The average Bonchev–Trinajstić information content (AvgIpc) is 2.80. The zero-order chi connectivity index (χ0) is 21.7. The molecule has 0 aliphatic rings. The van der Waals surface area contributed by atoms with Crippen LogP contribution in [0.15, 0.2) is 54.6 Å². The first-order valence-electron chi connectivity index (χ1n) is 10.9. The van der Waals surface area contributed by atoms with E-state index >= 15 is 0 Å². The molecule has 0 amide bonds. The van der Waals surface area contributed by atoms with Crippen molar-refractivity contribution < 1.29 is 19.7 Å². The van der Waals surface area contributed by atoms with Crippen molar-refractivity contribution in [2.24, 2.45) is 0 Å². The van der Waals surface area contributed by atoms with Crippen molar-refractivity contribution in [3.05, 3.63) is 60.2 Å². The van der Waals surface area contributed by atoms with E-state index in [1.807, 2.05) is 54.6 Å². The molecule has 166 valence electrons. The van der Waals surface area contributed by atoms with Crippen molar-refractivity contribution in [2.75, 3.05) is 26.4 Å². The molecule has 3 N–H and O–H groups in total. The van der Waals surface area contributed by atoms with Crippen molar-refractivity contribution >= 4 is 6.21 Å². The molecule has 0 atom stereocenters. The SMILES string of the molecule is N=Cc1ccc(OCCCCCCO)cc1.OCCCCCCOc1ccccc1. The number of hydrogen-bond donors (Lipinski definition) is 3. The summed E-state index contributed by atoms with van der Waals surface area (Å²) in [6, 6.07) is 17.4. The van der Waals surface area contributed by atoms with Gasteiger partial charge >= 0.3 is 0 Å². The van der Waals surface area contributed by atoms with E-state index in [9.17, 15) is 0 Å². The van der Waals surface area contributed by atoms with Crippen LogP contribution in [-0.2, 0) is 0 Å². The number of hydrogen-bond acceptors (Lipinski definition) is 5. The van der Waals surface area contributed by atoms with E-state index in [0.29, 0.717) is 6.61 Å². The lowest BCUT2D eigenvalue weighted by Crippen LogP contribution is -1.97. The van der Waals surface area contributed by atoms with Crippen LogP contribution in [0.1, 0.15) is 56.9 Å². The summed E-state index contributed by atoms with van der Waals surface area (Å²) < 4.78 is 11.1. The summed E-state index contributed by atoms with van der Waals surface area (Å²) in [6.45, 7) is 2.08. The normalized spacial score (nSPS) is 10.1. The van der Waals surface area contributed by atoms with Gasteiger partial charge < -0.3 is 25.1 Å². The minimum Gasteiger partial charge on any atom is -0.494 e. The Bertz CT molecular complexity index is 631. The zero-order valence-electron chi connectivity index (χ0n) is 18.0. The maximum atomic E-state index is 8.60. The molecule has 2 rings (SSSR count). The van der Waals surface area contributed by atoms with Crippen molar-refractivity contribution in [3.8, 4) is 11.5 Å².